The van der Waals surface area contributed by atoms with Crippen molar-refractivity contribution in [1.82, 2.24) is 9.80 Å². The van der Waals surface area contributed by atoms with Gasteiger partial charge in [-0.2, -0.15) is 13.2 Å². The lowest BCUT2D eigenvalue weighted by atomic mass is 10.1. The first-order valence-corrected chi connectivity index (χ1v) is 10.3. The summed E-state index contributed by atoms with van der Waals surface area (Å²) in [7, 11) is 0. The highest BCUT2D eigenvalue weighted by atomic mass is 19.4. The molecular weight excluding hydrogens is 369 g/mol. The fourth-order valence-electron chi connectivity index (χ4n) is 3.95. The summed E-state index contributed by atoms with van der Waals surface area (Å²) in [5.41, 5.74) is 0.608. The summed E-state index contributed by atoms with van der Waals surface area (Å²) in [6, 6.07) is 7.38. The predicted octanol–water partition coefficient (Wildman–Crippen LogP) is 4.50. The van der Waals surface area contributed by atoms with Gasteiger partial charge in [-0.15, -0.1) is 0 Å². The van der Waals surface area contributed by atoms with Crippen LogP contribution < -0.4 is 4.74 Å². The Balaban J connectivity index is 1.50. The number of likely N-dealkylation sites (tertiary alicyclic amines) is 2. The first kappa shape index (κ1) is 21.0. The van der Waals surface area contributed by atoms with Gasteiger partial charge in [0.15, 0.2) is 0 Å². The zero-order valence-corrected chi connectivity index (χ0v) is 16.2. The third-order valence-corrected chi connectivity index (χ3v) is 5.52. The molecule has 28 heavy (non-hydrogen) atoms. The molecule has 2 heterocycles. The minimum absolute atomic E-state index is 0.00540. The van der Waals surface area contributed by atoms with E-state index in [0.29, 0.717) is 17.9 Å². The third-order valence-electron chi connectivity index (χ3n) is 5.52. The molecule has 3 rings (SSSR count). The molecule has 0 N–H and O–H groups in total. The minimum atomic E-state index is -4.08. The van der Waals surface area contributed by atoms with Gasteiger partial charge in [0.1, 0.15) is 11.9 Å². The van der Waals surface area contributed by atoms with Crippen molar-refractivity contribution in [1.29, 1.82) is 0 Å². The number of nitrogens with zero attached hydrogens (tertiary/aromatic N) is 2. The van der Waals surface area contributed by atoms with E-state index in [2.05, 4.69) is 4.90 Å². The van der Waals surface area contributed by atoms with Gasteiger partial charge < -0.3 is 14.5 Å². The number of amides is 1. The summed E-state index contributed by atoms with van der Waals surface area (Å²) < 4.78 is 43.0. The first-order valence-electron chi connectivity index (χ1n) is 10.3. The second-order valence-corrected chi connectivity index (χ2v) is 7.73. The Morgan fingerprint density at radius 1 is 1.04 bits per heavy atom. The van der Waals surface area contributed by atoms with Crippen LogP contribution in [0.1, 0.15) is 55.3 Å². The Bertz CT molecular complexity index is 637. The third kappa shape index (κ3) is 6.12. The lowest BCUT2D eigenvalue weighted by molar-refractivity contribution is -0.136. The van der Waals surface area contributed by atoms with Gasteiger partial charge in [0, 0.05) is 32.6 Å². The average molecular weight is 398 g/mol. The Labute approximate surface area is 164 Å². The number of ether oxygens (including phenoxy) is 1. The van der Waals surface area contributed by atoms with Crippen LogP contribution in [-0.2, 0) is 0 Å². The van der Waals surface area contributed by atoms with Gasteiger partial charge >= 0.3 is 6.18 Å². The van der Waals surface area contributed by atoms with E-state index in [4.69, 9.17) is 4.74 Å². The molecular formula is C21H29F3N2O2. The van der Waals surface area contributed by atoms with Crippen LogP contribution in [0.15, 0.2) is 24.3 Å². The van der Waals surface area contributed by atoms with Crippen molar-refractivity contribution in [2.45, 2.75) is 57.2 Å². The quantitative estimate of drug-likeness (QED) is 0.707. The summed E-state index contributed by atoms with van der Waals surface area (Å²) in [4.78, 5) is 16.8. The Hall–Kier alpha value is -1.76. The maximum Gasteiger partial charge on any atom is 0.389 e. The SMILES string of the molecule is O=C(c1ccccc1OC1CCN(CCCC(F)(F)F)CC1)N1CCCCC1. The van der Waals surface area contributed by atoms with E-state index in [1.54, 1.807) is 0 Å². The summed E-state index contributed by atoms with van der Waals surface area (Å²) in [6.07, 6.45) is 0.112. The molecule has 156 valence electrons. The lowest BCUT2D eigenvalue weighted by Gasteiger charge is -2.33. The molecule has 1 aromatic rings. The van der Waals surface area contributed by atoms with Crippen molar-refractivity contribution < 1.29 is 22.7 Å². The van der Waals surface area contributed by atoms with E-state index in [1.807, 2.05) is 29.2 Å². The van der Waals surface area contributed by atoms with E-state index < -0.39 is 12.6 Å². The monoisotopic (exact) mass is 398 g/mol. The molecule has 0 aliphatic carbocycles. The van der Waals surface area contributed by atoms with Gasteiger partial charge in [-0.05, 0) is 57.2 Å². The van der Waals surface area contributed by atoms with Crippen molar-refractivity contribution in [3.63, 3.8) is 0 Å². The van der Waals surface area contributed by atoms with Gasteiger partial charge in [0.2, 0.25) is 0 Å². The van der Waals surface area contributed by atoms with Crippen LogP contribution in [0.25, 0.3) is 0 Å². The Morgan fingerprint density at radius 3 is 2.39 bits per heavy atom. The molecule has 7 heteroatoms. The molecule has 4 nitrogen and oxygen atoms in total. The van der Waals surface area contributed by atoms with Crippen LogP contribution in [0.3, 0.4) is 0 Å². The molecule has 2 aliphatic heterocycles. The molecule has 0 spiro atoms. The van der Waals surface area contributed by atoms with E-state index in [9.17, 15) is 18.0 Å². The van der Waals surface area contributed by atoms with E-state index in [-0.39, 0.29) is 18.4 Å². The molecule has 0 aromatic heterocycles. The molecule has 0 saturated carbocycles. The summed E-state index contributed by atoms with van der Waals surface area (Å²) in [5.74, 6) is 0.647. The highest BCUT2D eigenvalue weighted by Gasteiger charge is 2.28. The number of halogens is 3. The average Bonchev–Trinajstić information content (AvgIpc) is 2.69. The molecule has 2 saturated heterocycles. The highest BCUT2D eigenvalue weighted by molar-refractivity contribution is 5.97. The van der Waals surface area contributed by atoms with Gasteiger partial charge in [-0.3, -0.25) is 4.79 Å². The summed E-state index contributed by atoms with van der Waals surface area (Å²) >= 11 is 0. The van der Waals surface area contributed by atoms with Crippen molar-refractivity contribution in [2.24, 2.45) is 0 Å². The molecule has 2 fully saturated rings. The molecule has 0 radical (unpaired) electrons. The summed E-state index contributed by atoms with van der Waals surface area (Å²) in [6.45, 7) is 3.51. The zero-order chi connectivity index (χ0) is 20.0. The van der Waals surface area contributed by atoms with Gasteiger partial charge in [-0.1, -0.05) is 12.1 Å². The number of rotatable bonds is 6. The van der Waals surface area contributed by atoms with Crippen LogP contribution in [-0.4, -0.2) is 60.7 Å². The van der Waals surface area contributed by atoms with Crippen LogP contribution in [0, 0.1) is 0 Å². The highest BCUT2D eigenvalue weighted by Crippen LogP contribution is 2.26. The van der Waals surface area contributed by atoms with Crippen molar-refractivity contribution >= 4 is 5.91 Å². The molecule has 0 atom stereocenters. The van der Waals surface area contributed by atoms with Gasteiger partial charge in [-0.25, -0.2) is 0 Å². The first-order chi connectivity index (χ1) is 13.4. The number of hydrogen-bond acceptors (Lipinski definition) is 3. The summed E-state index contributed by atoms with van der Waals surface area (Å²) in [5, 5.41) is 0. The minimum Gasteiger partial charge on any atom is -0.489 e. The Morgan fingerprint density at radius 2 is 1.71 bits per heavy atom. The zero-order valence-electron chi connectivity index (χ0n) is 16.2. The van der Waals surface area contributed by atoms with Crippen molar-refractivity contribution in [3.05, 3.63) is 29.8 Å². The number of para-hydroxylation sites is 1. The number of hydrogen-bond donors (Lipinski definition) is 0. The van der Waals surface area contributed by atoms with Crippen molar-refractivity contribution in [2.75, 3.05) is 32.7 Å². The Kier molecular flexibility index (Phi) is 7.21. The molecule has 2 aliphatic rings. The van der Waals surface area contributed by atoms with Gasteiger partial charge in [0.25, 0.3) is 5.91 Å². The molecule has 0 bridgehead atoms. The number of benzene rings is 1. The number of piperidine rings is 2. The van der Waals surface area contributed by atoms with Gasteiger partial charge in [0.05, 0.1) is 5.56 Å². The van der Waals surface area contributed by atoms with Crippen LogP contribution >= 0.6 is 0 Å². The fraction of sp³-hybridized carbons (Fsp3) is 0.667. The fourth-order valence-corrected chi connectivity index (χ4v) is 3.95. The van der Waals surface area contributed by atoms with E-state index >= 15 is 0 Å². The molecule has 0 unspecified atom stereocenters. The maximum atomic E-state index is 12.9. The molecule has 1 amide bonds. The second kappa shape index (κ2) is 9.63. The second-order valence-electron chi connectivity index (χ2n) is 7.73. The standard InChI is InChI=1S/C21H29F3N2O2/c22-21(23,24)11-6-12-25-15-9-17(10-16-25)28-19-8-3-2-7-18(19)20(27)26-13-4-1-5-14-26/h2-3,7-8,17H,1,4-6,9-16H2. The number of carbonyl (C=O) groups excluding carboxylic acids is 1. The van der Waals surface area contributed by atoms with E-state index in [1.165, 1.54) is 6.42 Å². The normalized spacial score (nSPS) is 19.6. The van der Waals surface area contributed by atoms with Crippen LogP contribution in [0.2, 0.25) is 0 Å². The van der Waals surface area contributed by atoms with Crippen molar-refractivity contribution in [3.8, 4) is 5.75 Å². The number of alkyl halides is 3. The smallest absolute Gasteiger partial charge is 0.389 e. The molecule has 1 aromatic carbocycles. The maximum absolute atomic E-state index is 12.9. The topological polar surface area (TPSA) is 32.8 Å². The van der Waals surface area contributed by atoms with Crippen LogP contribution in [0.5, 0.6) is 5.75 Å². The largest absolute Gasteiger partial charge is 0.489 e. The van der Waals surface area contributed by atoms with Crippen LogP contribution in [0.4, 0.5) is 13.2 Å². The predicted molar refractivity (Wildman–Crippen MR) is 102 cm³/mol. The lowest BCUT2D eigenvalue weighted by Crippen LogP contribution is -2.39. The van der Waals surface area contributed by atoms with E-state index in [0.717, 1.165) is 51.9 Å². The number of carbonyl (C=O) groups is 1.